The first-order valence-electron chi connectivity index (χ1n) is 11.6. The van der Waals surface area contributed by atoms with Crippen LogP contribution in [0, 0.1) is 6.92 Å². The SMILES string of the molecule is CCCCCCC1(CCCCCC)c2cc(C)sc2-c2s[c]([Sn]([CH3])([CH3])[CH3])cc21. The fraction of sp³-hybridized carbons (Fsp3) is 0.680. The van der Waals surface area contributed by atoms with Crippen molar-refractivity contribution in [2.45, 2.75) is 105 Å². The molecule has 28 heavy (non-hydrogen) atoms. The molecule has 3 heteroatoms. The molecule has 0 saturated heterocycles. The predicted molar refractivity (Wildman–Crippen MR) is 134 cm³/mol. The van der Waals surface area contributed by atoms with Crippen molar-refractivity contribution in [1.82, 2.24) is 0 Å². The Hall–Kier alpha value is 0.199. The van der Waals surface area contributed by atoms with Crippen molar-refractivity contribution in [3.63, 3.8) is 0 Å². The van der Waals surface area contributed by atoms with Crippen molar-refractivity contribution >= 4 is 43.9 Å². The van der Waals surface area contributed by atoms with E-state index in [1.165, 1.54) is 69.1 Å². The van der Waals surface area contributed by atoms with Crippen molar-refractivity contribution in [3.05, 3.63) is 28.1 Å². The molecule has 0 saturated carbocycles. The van der Waals surface area contributed by atoms with Crippen LogP contribution in [0.1, 0.15) is 94.1 Å². The van der Waals surface area contributed by atoms with Gasteiger partial charge in [0.05, 0.1) is 0 Å². The zero-order chi connectivity index (χ0) is 20.4. The monoisotopic (exact) mass is 524 g/mol. The number of hydrogen-bond acceptors (Lipinski definition) is 2. The summed E-state index contributed by atoms with van der Waals surface area (Å²) in [5.41, 5.74) is 3.77. The van der Waals surface area contributed by atoms with Crippen LogP contribution < -0.4 is 2.89 Å². The molecule has 2 aromatic heterocycles. The van der Waals surface area contributed by atoms with Gasteiger partial charge < -0.3 is 0 Å². The molecule has 0 N–H and O–H groups in total. The predicted octanol–water partition coefficient (Wildman–Crippen LogP) is 8.87. The number of thiophene rings is 2. The summed E-state index contributed by atoms with van der Waals surface area (Å²) in [5.74, 6) is 0. The average molecular weight is 523 g/mol. The molecule has 0 aliphatic heterocycles. The van der Waals surface area contributed by atoms with Crippen molar-refractivity contribution in [2.24, 2.45) is 0 Å². The average Bonchev–Trinajstić information content (AvgIpc) is 3.28. The van der Waals surface area contributed by atoms with Crippen LogP contribution in [-0.4, -0.2) is 18.4 Å². The van der Waals surface area contributed by atoms with Gasteiger partial charge in [-0.3, -0.25) is 0 Å². The van der Waals surface area contributed by atoms with E-state index < -0.39 is 18.4 Å². The molecule has 156 valence electrons. The van der Waals surface area contributed by atoms with E-state index in [2.05, 4.69) is 70.4 Å². The number of aryl methyl sites for hydroxylation is 1. The molecule has 0 nitrogen and oxygen atoms in total. The second-order valence-corrected chi connectivity index (χ2v) is 27.6. The third kappa shape index (κ3) is 4.59. The van der Waals surface area contributed by atoms with Gasteiger partial charge in [-0.05, 0) is 0 Å². The molecule has 0 bridgehead atoms. The fourth-order valence-electron chi connectivity index (χ4n) is 4.84. The van der Waals surface area contributed by atoms with Crippen LogP contribution in [0.25, 0.3) is 9.75 Å². The molecule has 3 rings (SSSR count). The summed E-state index contributed by atoms with van der Waals surface area (Å²) < 4.78 is 1.78. The van der Waals surface area contributed by atoms with Gasteiger partial charge >= 0.3 is 187 Å². The zero-order valence-electron chi connectivity index (χ0n) is 19.0. The molecule has 0 radical (unpaired) electrons. The molecular formula is C25H40S2Sn. The van der Waals surface area contributed by atoms with E-state index in [4.69, 9.17) is 0 Å². The van der Waals surface area contributed by atoms with Crippen molar-refractivity contribution in [3.8, 4) is 9.75 Å². The van der Waals surface area contributed by atoms with Crippen molar-refractivity contribution < 1.29 is 0 Å². The first kappa shape index (κ1) is 22.9. The van der Waals surface area contributed by atoms with Gasteiger partial charge in [-0.15, -0.1) is 0 Å². The van der Waals surface area contributed by atoms with Gasteiger partial charge in [-0.25, -0.2) is 0 Å². The Morgan fingerprint density at radius 3 is 1.82 bits per heavy atom. The van der Waals surface area contributed by atoms with E-state index in [9.17, 15) is 0 Å². The summed E-state index contributed by atoms with van der Waals surface area (Å²) >= 11 is 2.20. The van der Waals surface area contributed by atoms with E-state index in [0.717, 1.165) is 0 Å². The maximum atomic E-state index is 2.71. The van der Waals surface area contributed by atoms with E-state index >= 15 is 0 Å². The molecular weight excluding hydrogens is 483 g/mol. The second kappa shape index (κ2) is 9.56. The Morgan fingerprint density at radius 1 is 0.750 bits per heavy atom. The second-order valence-electron chi connectivity index (χ2n) is 9.91. The van der Waals surface area contributed by atoms with Gasteiger partial charge in [0, 0.05) is 0 Å². The fourth-order valence-corrected chi connectivity index (χ4v) is 12.6. The summed E-state index contributed by atoms with van der Waals surface area (Å²) in [5, 5.41) is 0. The van der Waals surface area contributed by atoms with E-state index in [1.54, 1.807) is 23.8 Å². The van der Waals surface area contributed by atoms with Gasteiger partial charge in [0.2, 0.25) is 0 Å². The Morgan fingerprint density at radius 2 is 1.29 bits per heavy atom. The van der Waals surface area contributed by atoms with Gasteiger partial charge in [0.1, 0.15) is 0 Å². The summed E-state index contributed by atoms with van der Waals surface area (Å²) in [7, 11) is 0. The van der Waals surface area contributed by atoms with E-state index in [1.807, 2.05) is 0 Å². The molecule has 1 aliphatic rings. The van der Waals surface area contributed by atoms with Crippen LogP contribution in [0.3, 0.4) is 0 Å². The molecule has 0 amide bonds. The molecule has 0 fully saturated rings. The first-order valence-corrected chi connectivity index (χ1v) is 23.2. The molecule has 0 unspecified atom stereocenters. The maximum absolute atomic E-state index is 2.71. The van der Waals surface area contributed by atoms with Crippen molar-refractivity contribution in [2.75, 3.05) is 0 Å². The summed E-state index contributed by atoms with van der Waals surface area (Å²) in [6.07, 6.45) is 13.8. The standard InChI is InChI=1S/C22H31S2.3CH3.Sn/c1-4-6-8-10-13-22(14-11-9-7-5-2)18-12-15-23-20(18)21-19(22)16-17(3)24-21;;;;/h12,16H,4-11,13-14H2,1-3H3;3*1H3;. The van der Waals surface area contributed by atoms with Crippen LogP contribution in [0.5, 0.6) is 0 Å². The van der Waals surface area contributed by atoms with E-state index in [0.29, 0.717) is 5.41 Å². The quantitative estimate of drug-likeness (QED) is 0.204. The summed E-state index contributed by atoms with van der Waals surface area (Å²) in [6.45, 7) is 6.98. The van der Waals surface area contributed by atoms with Crippen LogP contribution in [0.4, 0.5) is 0 Å². The van der Waals surface area contributed by atoms with Gasteiger partial charge in [-0.1, -0.05) is 0 Å². The Labute approximate surface area is 186 Å². The minimum absolute atomic E-state index is 0.322. The van der Waals surface area contributed by atoms with Crippen LogP contribution >= 0.6 is 22.7 Å². The topological polar surface area (TPSA) is 0 Å². The molecule has 0 spiro atoms. The summed E-state index contributed by atoms with van der Waals surface area (Å²) in [6, 6.07) is 5.27. The van der Waals surface area contributed by atoms with E-state index in [-0.39, 0.29) is 0 Å². The third-order valence-corrected chi connectivity index (χ3v) is 18.3. The molecule has 1 aliphatic carbocycles. The molecule has 0 atom stereocenters. The summed E-state index contributed by atoms with van der Waals surface area (Å²) in [4.78, 5) is 12.6. The van der Waals surface area contributed by atoms with Crippen LogP contribution in [0.15, 0.2) is 12.1 Å². The van der Waals surface area contributed by atoms with Gasteiger partial charge in [0.15, 0.2) is 0 Å². The minimum atomic E-state index is -2.04. The Balaban J connectivity index is 2.01. The number of unbranched alkanes of at least 4 members (excludes halogenated alkanes) is 6. The third-order valence-electron chi connectivity index (χ3n) is 6.48. The first-order chi connectivity index (χ1) is 13.3. The van der Waals surface area contributed by atoms with Gasteiger partial charge in [0.25, 0.3) is 0 Å². The van der Waals surface area contributed by atoms with Gasteiger partial charge in [-0.2, -0.15) is 0 Å². The molecule has 0 aromatic carbocycles. The Bertz CT molecular complexity index is 763. The molecule has 2 aromatic rings. The normalized spacial score (nSPS) is 15.1. The number of hydrogen-bond donors (Lipinski definition) is 0. The zero-order valence-corrected chi connectivity index (χ0v) is 23.5. The Kier molecular flexibility index (Phi) is 7.81. The molecule has 2 heterocycles. The number of rotatable bonds is 11. The number of fused-ring (bicyclic) bond motifs is 3. The van der Waals surface area contributed by atoms with Crippen LogP contribution in [-0.2, 0) is 5.41 Å². The van der Waals surface area contributed by atoms with Crippen LogP contribution in [0.2, 0.25) is 14.8 Å². The van der Waals surface area contributed by atoms with Crippen molar-refractivity contribution in [1.29, 1.82) is 0 Å².